The van der Waals surface area contributed by atoms with Crippen LogP contribution in [0.1, 0.15) is 19.8 Å². The summed E-state index contributed by atoms with van der Waals surface area (Å²) < 4.78 is 25.9. The average Bonchev–Trinajstić information content (AvgIpc) is 2.96. The molecule has 2 fully saturated rings. The molecule has 0 aromatic carbocycles. The van der Waals surface area contributed by atoms with Crippen molar-refractivity contribution in [1.29, 1.82) is 0 Å². The van der Waals surface area contributed by atoms with Gasteiger partial charge < -0.3 is 5.11 Å². The average molecular weight is 262 g/mol. The molecule has 0 atom stereocenters. The lowest BCUT2D eigenvalue weighted by Crippen LogP contribution is -2.50. The van der Waals surface area contributed by atoms with Crippen LogP contribution in [0.2, 0.25) is 0 Å². The van der Waals surface area contributed by atoms with Crippen LogP contribution in [0.3, 0.4) is 0 Å². The van der Waals surface area contributed by atoms with Crippen molar-refractivity contribution < 1.29 is 13.5 Å². The molecule has 0 unspecified atom stereocenters. The van der Waals surface area contributed by atoms with E-state index in [1.165, 1.54) is 0 Å². The minimum atomic E-state index is -3.07. The van der Waals surface area contributed by atoms with Crippen molar-refractivity contribution in [1.82, 2.24) is 9.21 Å². The van der Waals surface area contributed by atoms with Crippen molar-refractivity contribution in [2.24, 2.45) is 5.41 Å². The van der Waals surface area contributed by atoms with Gasteiger partial charge in [-0.15, -0.1) is 0 Å². The third kappa shape index (κ3) is 3.40. The van der Waals surface area contributed by atoms with E-state index >= 15 is 0 Å². The number of aliphatic hydroxyl groups is 1. The monoisotopic (exact) mass is 262 g/mol. The number of piperazine rings is 1. The summed E-state index contributed by atoms with van der Waals surface area (Å²) in [4.78, 5) is 2.10. The fourth-order valence-corrected chi connectivity index (χ4v) is 4.33. The molecule has 5 nitrogen and oxygen atoms in total. The molecule has 1 aliphatic heterocycles. The molecule has 0 aromatic heterocycles. The first-order valence-corrected chi connectivity index (χ1v) is 7.87. The van der Waals surface area contributed by atoms with Gasteiger partial charge in [-0.2, -0.15) is 4.31 Å². The highest BCUT2D eigenvalue weighted by atomic mass is 32.2. The summed E-state index contributed by atoms with van der Waals surface area (Å²) in [7, 11) is -3.07. The zero-order valence-electron chi connectivity index (χ0n) is 10.4. The molecule has 0 radical (unpaired) electrons. The summed E-state index contributed by atoms with van der Waals surface area (Å²) in [6, 6.07) is 0. The molecule has 2 aliphatic rings. The molecular formula is C11H22N2O3S. The van der Waals surface area contributed by atoms with Crippen LogP contribution >= 0.6 is 0 Å². The zero-order valence-corrected chi connectivity index (χ0v) is 11.2. The van der Waals surface area contributed by atoms with Crippen LogP contribution in [-0.4, -0.2) is 67.8 Å². The lowest BCUT2D eigenvalue weighted by Gasteiger charge is -2.34. The highest BCUT2D eigenvalue weighted by Crippen LogP contribution is 2.46. The number of nitrogens with zero attached hydrogens (tertiary/aromatic N) is 2. The molecule has 100 valence electrons. The number of hydrogen-bond acceptors (Lipinski definition) is 4. The number of β-amino-alcohol motifs (C(OH)–C–C–N with tert-alkyl or cyclic N) is 1. The van der Waals surface area contributed by atoms with Gasteiger partial charge in [0.2, 0.25) is 10.0 Å². The van der Waals surface area contributed by atoms with Crippen LogP contribution in [0.25, 0.3) is 0 Å². The second kappa shape index (κ2) is 4.84. The van der Waals surface area contributed by atoms with Gasteiger partial charge in [0.25, 0.3) is 0 Å². The molecule has 1 saturated heterocycles. The second-order valence-electron chi connectivity index (χ2n) is 5.53. The number of hydrogen-bond donors (Lipinski definition) is 1. The van der Waals surface area contributed by atoms with Crippen molar-refractivity contribution >= 4 is 10.0 Å². The molecule has 0 amide bonds. The Morgan fingerprint density at radius 2 is 1.76 bits per heavy atom. The molecule has 1 saturated carbocycles. The van der Waals surface area contributed by atoms with Crippen molar-refractivity contribution in [3.05, 3.63) is 0 Å². The summed E-state index contributed by atoms with van der Waals surface area (Å²) in [5.74, 6) is 0.306. The molecule has 0 spiro atoms. The maximum atomic E-state index is 12.2. The van der Waals surface area contributed by atoms with Gasteiger partial charge in [-0.1, -0.05) is 6.92 Å². The Balaban J connectivity index is 1.87. The minimum Gasteiger partial charge on any atom is -0.395 e. The fraction of sp³-hybridized carbons (Fsp3) is 1.00. The van der Waals surface area contributed by atoms with Gasteiger partial charge in [-0.25, -0.2) is 8.42 Å². The number of sulfonamides is 1. The summed E-state index contributed by atoms with van der Waals surface area (Å²) in [6.07, 6.45) is 2.08. The van der Waals surface area contributed by atoms with E-state index in [9.17, 15) is 8.42 Å². The Kier molecular flexibility index (Phi) is 3.77. The molecule has 0 aromatic rings. The summed E-state index contributed by atoms with van der Waals surface area (Å²) in [6.45, 7) is 5.44. The summed E-state index contributed by atoms with van der Waals surface area (Å²) >= 11 is 0. The van der Waals surface area contributed by atoms with Gasteiger partial charge in [-0.3, -0.25) is 4.90 Å². The van der Waals surface area contributed by atoms with E-state index in [4.69, 9.17) is 5.11 Å². The molecule has 6 heteroatoms. The van der Waals surface area contributed by atoms with Crippen LogP contribution in [-0.2, 0) is 10.0 Å². The van der Waals surface area contributed by atoms with Crippen LogP contribution in [0, 0.1) is 5.41 Å². The van der Waals surface area contributed by atoms with E-state index < -0.39 is 10.0 Å². The molecular weight excluding hydrogens is 240 g/mol. The van der Waals surface area contributed by atoms with E-state index in [1.807, 2.05) is 6.92 Å². The first-order chi connectivity index (χ1) is 7.95. The Bertz CT molecular complexity index is 357. The van der Waals surface area contributed by atoms with Crippen molar-refractivity contribution in [2.75, 3.05) is 45.1 Å². The standard InChI is InChI=1S/C11H22N2O3S/c1-11(2-3-11)10-17(15,16)13-6-4-12(5-7-13)8-9-14/h14H,2-10H2,1H3. The van der Waals surface area contributed by atoms with Crippen molar-refractivity contribution in [3.63, 3.8) is 0 Å². The zero-order chi connectivity index (χ0) is 12.5. The summed E-state index contributed by atoms with van der Waals surface area (Å²) in [5.41, 5.74) is 0.0427. The third-order valence-corrected chi connectivity index (χ3v) is 5.99. The maximum Gasteiger partial charge on any atom is 0.214 e. The topological polar surface area (TPSA) is 60.9 Å². The van der Waals surface area contributed by atoms with Crippen LogP contribution in [0.5, 0.6) is 0 Å². The minimum absolute atomic E-state index is 0.0427. The third-order valence-electron chi connectivity index (χ3n) is 3.78. The van der Waals surface area contributed by atoms with Crippen LogP contribution in [0.15, 0.2) is 0 Å². The lowest BCUT2D eigenvalue weighted by atomic mass is 10.2. The van der Waals surface area contributed by atoms with E-state index in [0.29, 0.717) is 25.4 Å². The number of rotatable bonds is 5. The Morgan fingerprint density at radius 1 is 1.18 bits per heavy atom. The van der Waals surface area contributed by atoms with E-state index in [2.05, 4.69) is 4.90 Å². The molecule has 17 heavy (non-hydrogen) atoms. The lowest BCUT2D eigenvalue weighted by molar-refractivity contribution is 0.151. The molecule has 1 aliphatic carbocycles. The highest BCUT2D eigenvalue weighted by Gasteiger charge is 2.43. The van der Waals surface area contributed by atoms with Crippen molar-refractivity contribution in [2.45, 2.75) is 19.8 Å². The molecule has 2 rings (SSSR count). The largest absolute Gasteiger partial charge is 0.395 e. The van der Waals surface area contributed by atoms with Gasteiger partial charge >= 0.3 is 0 Å². The normalized spacial score (nSPS) is 26.0. The Morgan fingerprint density at radius 3 is 2.24 bits per heavy atom. The van der Waals surface area contributed by atoms with Gasteiger partial charge in [0.05, 0.1) is 12.4 Å². The highest BCUT2D eigenvalue weighted by molar-refractivity contribution is 7.89. The second-order valence-corrected chi connectivity index (χ2v) is 7.50. The first kappa shape index (κ1) is 13.3. The molecule has 0 bridgehead atoms. The van der Waals surface area contributed by atoms with Gasteiger partial charge in [0.15, 0.2) is 0 Å². The quantitative estimate of drug-likeness (QED) is 0.741. The van der Waals surface area contributed by atoms with Crippen molar-refractivity contribution in [3.8, 4) is 0 Å². The van der Waals surface area contributed by atoms with Crippen LogP contribution in [0.4, 0.5) is 0 Å². The Labute approximate surface area is 103 Å². The predicted octanol–water partition coefficient (Wildman–Crippen LogP) is -0.274. The SMILES string of the molecule is CC1(CS(=O)(=O)N2CCN(CCO)CC2)CC1. The van der Waals surface area contributed by atoms with Gasteiger partial charge in [0.1, 0.15) is 0 Å². The van der Waals surface area contributed by atoms with E-state index in [1.54, 1.807) is 4.31 Å². The fourth-order valence-electron chi connectivity index (χ4n) is 2.26. The smallest absolute Gasteiger partial charge is 0.214 e. The van der Waals surface area contributed by atoms with Gasteiger partial charge in [-0.05, 0) is 18.3 Å². The maximum absolute atomic E-state index is 12.2. The number of aliphatic hydroxyl groups excluding tert-OH is 1. The van der Waals surface area contributed by atoms with E-state index in [0.717, 1.165) is 25.9 Å². The van der Waals surface area contributed by atoms with Crippen LogP contribution < -0.4 is 0 Å². The predicted molar refractivity (Wildman–Crippen MR) is 66.2 cm³/mol. The Hall–Kier alpha value is -0.170. The van der Waals surface area contributed by atoms with Gasteiger partial charge in [0, 0.05) is 32.7 Å². The first-order valence-electron chi connectivity index (χ1n) is 6.26. The van der Waals surface area contributed by atoms with E-state index in [-0.39, 0.29) is 12.0 Å². The summed E-state index contributed by atoms with van der Waals surface area (Å²) in [5, 5.41) is 8.83. The molecule has 1 N–H and O–H groups in total. The molecule has 1 heterocycles.